The molecule has 3 rings (SSSR count). The van der Waals surface area contributed by atoms with Crippen molar-refractivity contribution in [3.63, 3.8) is 0 Å². The molecule has 0 spiro atoms. The molecule has 1 aliphatic carbocycles. The fraction of sp³-hybridized carbons (Fsp3) is 0.263. The van der Waals surface area contributed by atoms with Gasteiger partial charge in [0.05, 0.1) is 5.54 Å². The van der Waals surface area contributed by atoms with Crippen LogP contribution in [-0.4, -0.2) is 17.3 Å². The Morgan fingerprint density at radius 2 is 1.72 bits per heavy atom. The maximum absolute atomic E-state index is 11.9. The number of anilines is 1. The fourth-order valence-corrected chi connectivity index (χ4v) is 2.97. The summed E-state index contributed by atoms with van der Waals surface area (Å²) >= 11 is 0. The van der Waals surface area contributed by atoms with E-state index in [2.05, 4.69) is 10.6 Å². The Kier molecular flexibility index (Phi) is 4.88. The monoisotopic (exact) mass is 340 g/mol. The van der Waals surface area contributed by atoms with Gasteiger partial charge in [0.15, 0.2) is 0 Å². The molecule has 0 aliphatic heterocycles. The van der Waals surface area contributed by atoms with E-state index in [1.54, 1.807) is 12.1 Å². The standard InChI is InChI=1S/C19H20N2O4/c22-17(23)21-19(11-4-12-19)15-7-9-16(10-8-15)20-18(24)25-13-14-5-2-1-3-6-14/h1-3,5-10,21H,4,11-13H2,(H,20,24)(H,22,23). The van der Waals surface area contributed by atoms with Crippen LogP contribution in [0.25, 0.3) is 0 Å². The molecule has 0 unspecified atom stereocenters. The van der Waals surface area contributed by atoms with Crippen LogP contribution in [0.3, 0.4) is 0 Å². The van der Waals surface area contributed by atoms with Crippen LogP contribution in [0.15, 0.2) is 54.6 Å². The van der Waals surface area contributed by atoms with Gasteiger partial charge < -0.3 is 15.2 Å². The molecule has 0 aromatic heterocycles. The van der Waals surface area contributed by atoms with E-state index >= 15 is 0 Å². The zero-order chi connectivity index (χ0) is 17.7. The van der Waals surface area contributed by atoms with E-state index in [-0.39, 0.29) is 6.61 Å². The van der Waals surface area contributed by atoms with E-state index in [1.807, 2.05) is 42.5 Å². The van der Waals surface area contributed by atoms with Gasteiger partial charge in [-0.25, -0.2) is 9.59 Å². The summed E-state index contributed by atoms with van der Waals surface area (Å²) in [7, 11) is 0. The molecule has 2 aromatic carbocycles. The highest BCUT2D eigenvalue weighted by atomic mass is 16.5. The lowest BCUT2D eigenvalue weighted by Gasteiger charge is -2.42. The molecule has 2 amide bonds. The van der Waals surface area contributed by atoms with Crippen LogP contribution in [-0.2, 0) is 16.9 Å². The van der Waals surface area contributed by atoms with Gasteiger partial charge in [0, 0.05) is 5.69 Å². The van der Waals surface area contributed by atoms with Gasteiger partial charge in [-0.2, -0.15) is 0 Å². The predicted molar refractivity (Wildman–Crippen MR) is 93.4 cm³/mol. The molecule has 25 heavy (non-hydrogen) atoms. The summed E-state index contributed by atoms with van der Waals surface area (Å²) < 4.78 is 5.17. The lowest BCUT2D eigenvalue weighted by molar-refractivity contribution is 0.144. The van der Waals surface area contributed by atoms with Gasteiger partial charge in [-0.1, -0.05) is 42.5 Å². The van der Waals surface area contributed by atoms with Crippen molar-refractivity contribution in [3.05, 3.63) is 65.7 Å². The molecule has 130 valence electrons. The van der Waals surface area contributed by atoms with E-state index in [4.69, 9.17) is 9.84 Å². The number of rotatable bonds is 5. The molecule has 6 heteroatoms. The first kappa shape index (κ1) is 16.8. The molecule has 0 bridgehead atoms. The number of nitrogens with one attached hydrogen (secondary N) is 2. The maximum Gasteiger partial charge on any atom is 0.411 e. The molecule has 6 nitrogen and oxygen atoms in total. The first-order valence-corrected chi connectivity index (χ1v) is 8.17. The second-order valence-corrected chi connectivity index (χ2v) is 6.13. The first-order chi connectivity index (χ1) is 12.1. The number of ether oxygens (including phenoxy) is 1. The van der Waals surface area contributed by atoms with Crippen LogP contribution in [0.5, 0.6) is 0 Å². The lowest BCUT2D eigenvalue weighted by Crippen LogP contribution is -2.50. The van der Waals surface area contributed by atoms with Gasteiger partial charge >= 0.3 is 12.2 Å². The molecule has 1 saturated carbocycles. The number of benzene rings is 2. The number of carboxylic acid groups (broad SMARTS) is 1. The summed E-state index contributed by atoms with van der Waals surface area (Å²) in [6.07, 6.45) is 1.01. The fourth-order valence-electron chi connectivity index (χ4n) is 2.97. The summed E-state index contributed by atoms with van der Waals surface area (Å²) in [6.45, 7) is 0.205. The minimum atomic E-state index is -1.02. The highest BCUT2D eigenvalue weighted by Gasteiger charge is 2.40. The summed E-state index contributed by atoms with van der Waals surface area (Å²) in [6, 6.07) is 16.6. The average Bonchev–Trinajstić information content (AvgIpc) is 2.58. The Hall–Kier alpha value is -3.02. The third-order valence-corrected chi connectivity index (χ3v) is 4.45. The Morgan fingerprint density at radius 3 is 2.28 bits per heavy atom. The largest absolute Gasteiger partial charge is 0.465 e. The topological polar surface area (TPSA) is 87.7 Å². The molecule has 1 aliphatic rings. The van der Waals surface area contributed by atoms with Gasteiger partial charge in [0.25, 0.3) is 0 Å². The number of amides is 2. The van der Waals surface area contributed by atoms with E-state index in [0.29, 0.717) is 5.69 Å². The molecule has 1 fully saturated rings. The predicted octanol–water partition coefficient (Wildman–Crippen LogP) is 4.08. The van der Waals surface area contributed by atoms with Crippen molar-refractivity contribution in [1.29, 1.82) is 0 Å². The number of hydrogen-bond acceptors (Lipinski definition) is 3. The highest BCUT2D eigenvalue weighted by Crippen LogP contribution is 2.41. The van der Waals surface area contributed by atoms with Crippen LogP contribution in [0, 0.1) is 0 Å². The van der Waals surface area contributed by atoms with Gasteiger partial charge in [0.2, 0.25) is 0 Å². The SMILES string of the molecule is O=C(O)NC1(c2ccc(NC(=O)OCc3ccccc3)cc2)CCC1. The van der Waals surface area contributed by atoms with Crippen molar-refractivity contribution in [2.24, 2.45) is 0 Å². The van der Waals surface area contributed by atoms with Crippen molar-refractivity contribution in [2.45, 2.75) is 31.4 Å². The molecule has 0 heterocycles. The summed E-state index contributed by atoms with van der Waals surface area (Å²) in [5, 5.41) is 14.3. The second-order valence-electron chi connectivity index (χ2n) is 6.13. The van der Waals surface area contributed by atoms with Crippen molar-refractivity contribution in [2.75, 3.05) is 5.32 Å². The van der Waals surface area contributed by atoms with Crippen LogP contribution < -0.4 is 10.6 Å². The molecular formula is C19H20N2O4. The Balaban J connectivity index is 1.57. The molecule has 0 saturated heterocycles. The summed E-state index contributed by atoms with van der Waals surface area (Å²) in [5.74, 6) is 0. The van der Waals surface area contributed by atoms with E-state index in [9.17, 15) is 9.59 Å². The van der Waals surface area contributed by atoms with Crippen LogP contribution in [0.4, 0.5) is 15.3 Å². The van der Waals surface area contributed by atoms with Crippen molar-refractivity contribution < 1.29 is 19.4 Å². The maximum atomic E-state index is 11.9. The lowest BCUT2D eigenvalue weighted by atomic mass is 9.72. The van der Waals surface area contributed by atoms with E-state index in [1.165, 1.54) is 0 Å². The van der Waals surface area contributed by atoms with Gasteiger partial charge in [0.1, 0.15) is 6.61 Å². The number of hydrogen-bond donors (Lipinski definition) is 3. The zero-order valence-corrected chi connectivity index (χ0v) is 13.7. The smallest absolute Gasteiger partial charge is 0.411 e. The summed E-state index contributed by atoms with van der Waals surface area (Å²) in [5.41, 5.74) is 1.92. The average molecular weight is 340 g/mol. The van der Waals surface area contributed by atoms with Crippen molar-refractivity contribution in [1.82, 2.24) is 5.32 Å². The minimum absolute atomic E-state index is 0.205. The van der Waals surface area contributed by atoms with Gasteiger partial charge in [-0.3, -0.25) is 5.32 Å². The molecule has 2 aromatic rings. The van der Waals surface area contributed by atoms with Gasteiger partial charge in [-0.05, 0) is 42.5 Å². The highest BCUT2D eigenvalue weighted by molar-refractivity contribution is 5.84. The van der Waals surface area contributed by atoms with Crippen molar-refractivity contribution >= 4 is 17.9 Å². The summed E-state index contributed by atoms with van der Waals surface area (Å²) in [4.78, 5) is 22.9. The van der Waals surface area contributed by atoms with Crippen LogP contribution in [0.1, 0.15) is 30.4 Å². The zero-order valence-electron chi connectivity index (χ0n) is 13.7. The second kappa shape index (κ2) is 7.25. The van der Waals surface area contributed by atoms with E-state index in [0.717, 1.165) is 30.4 Å². The first-order valence-electron chi connectivity index (χ1n) is 8.17. The van der Waals surface area contributed by atoms with Crippen LogP contribution in [0.2, 0.25) is 0 Å². The molecule has 3 N–H and O–H groups in total. The minimum Gasteiger partial charge on any atom is -0.465 e. The third-order valence-electron chi connectivity index (χ3n) is 4.45. The normalized spacial score (nSPS) is 14.9. The molecule has 0 atom stereocenters. The Bertz CT molecular complexity index is 740. The Morgan fingerprint density at radius 1 is 1.04 bits per heavy atom. The van der Waals surface area contributed by atoms with E-state index < -0.39 is 17.7 Å². The number of carbonyl (C=O) groups excluding carboxylic acids is 1. The van der Waals surface area contributed by atoms with Crippen LogP contribution >= 0.6 is 0 Å². The van der Waals surface area contributed by atoms with Crippen molar-refractivity contribution in [3.8, 4) is 0 Å². The quantitative estimate of drug-likeness (QED) is 0.765. The molecule has 0 radical (unpaired) electrons. The number of carbonyl (C=O) groups is 2. The third kappa shape index (κ3) is 4.09. The molecular weight excluding hydrogens is 320 g/mol. The van der Waals surface area contributed by atoms with Gasteiger partial charge in [-0.15, -0.1) is 0 Å². The Labute approximate surface area is 145 Å².